The average molecular weight is 444 g/mol. The quantitative estimate of drug-likeness (QED) is 0.560. The van der Waals surface area contributed by atoms with Gasteiger partial charge in [0.15, 0.2) is 0 Å². The molecule has 170 valence electrons. The van der Waals surface area contributed by atoms with E-state index in [-0.39, 0.29) is 18.7 Å². The predicted octanol–water partition coefficient (Wildman–Crippen LogP) is 0.346. The summed E-state index contributed by atoms with van der Waals surface area (Å²) < 4.78 is 50.1. The van der Waals surface area contributed by atoms with Crippen molar-refractivity contribution < 1.29 is 42.4 Å². The number of para-hydroxylation sites is 1. The van der Waals surface area contributed by atoms with Crippen molar-refractivity contribution >= 4 is 11.8 Å². The number of ether oxygens (including phenoxy) is 2. The maximum Gasteiger partial charge on any atom is 0.406 e. The van der Waals surface area contributed by atoms with Crippen LogP contribution in [0.3, 0.4) is 0 Å². The lowest BCUT2D eigenvalue weighted by molar-refractivity contribution is -0.172. The second-order valence-corrected chi connectivity index (χ2v) is 7.25. The Morgan fingerprint density at radius 1 is 1.29 bits per heavy atom. The summed E-state index contributed by atoms with van der Waals surface area (Å²) >= 11 is 0. The molecule has 0 aromatic heterocycles. The molecule has 3 N–H and O–H groups in total. The highest BCUT2D eigenvalue weighted by molar-refractivity contribution is 5.96. The minimum atomic E-state index is -4.74. The molecule has 11 heteroatoms. The lowest BCUT2D eigenvalue weighted by Gasteiger charge is -2.40. The number of aliphatic hydroxyl groups is 2. The Kier molecular flexibility index (Phi) is 6.87. The van der Waals surface area contributed by atoms with Gasteiger partial charge in [0.2, 0.25) is 11.8 Å². The molecule has 8 nitrogen and oxygen atoms in total. The zero-order valence-corrected chi connectivity index (χ0v) is 16.6. The maximum absolute atomic E-state index is 13.2. The van der Waals surface area contributed by atoms with Gasteiger partial charge in [-0.1, -0.05) is 18.2 Å². The standard InChI is InChI=1S/C20H23F3N2O6/c1-30-9-15(27)25(10-20(21,22)23)13-8-12(19(29)24-6-7-26)16-11-4-2-3-5-14(11)31-18(16)17(13)28/h2-5,8,13,16-18,26,28H,6-7,9-10H2,1H3,(H,24,29). The summed E-state index contributed by atoms with van der Waals surface area (Å²) in [6, 6.07) is 5.25. The van der Waals surface area contributed by atoms with E-state index in [1.54, 1.807) is 24.3 Å². The van der Waals surface area contributed by atoms with E-state index in [1.165, 1.54) is 6.08 Å². The van der Waals surface area contributed by atoms with Crippen LogP contribution in [-0.4, -0.2) is 84.8 Å². The van der Waals surface area contributed by atoms with Crippen LogP contribution < -0.4 is 10.1 Å². The van der Waals surface area contributed by atoms with Crippen LogP contribution >= 0.6 is 0 Å². The van der Waals surface area contributed by atoms with Crippen LogP contribution in [-0.2, 0) is 14.3 Å². The normalized spacial score (nSPS) is 24.5. The molecule has 1 heterocycles. The van der Waals surface area contributed by atoms with Gasteiger partial charge in [-0.3, -0.25) is 9.59 Å². The van der Waals surface area contributed by atoms with Gasteiger partial charge in [0.1, 0.15) is 31.1 Å². The Morgan fingerprint density at radius 3 is 2.65 bits per heavy atom. The van der Waals surface area contributed by atoms with Crippen molar-refractivity contribution in [2.24, 2.45) is 0 Å². The molecule has 0 spiro atoms. The number of halogens is 3. The number of hydrogen-bond donors (Lipinski definition) is 3. The molecule has 2 amide bonds. The van der Waals surface area contributed by atoms with E-state index in [0.717, 1.165) is 7.11 Å². The smallest absolute Gasteiger partial charge is 0.406 e. The minimum Gasteiger partial charge on any atom is -0.486 e. The van der Waals surface area contributed by atoms with Gasteiger partial charge in [-0.2, -0.15) is 13.2 Å². The molecule has 1 aromatic rings. The van der Waals surface area contributed by atoms with Crippen LogP contribution in [0, 0.1) is 0 Å². The van der Waals surface area contributed by atoms with Crippen LogP contribution in [0.4, 0.5) is 13.2 Å². The molecule has 1 aliphatic carbocycles. The van der Waals surface area contributed by atoms with E-state index in [2.05, 4.69) is 5.32 Å². The van der Waals surface area contributed by atoms with Crippen molar-refractivity contribution in [1.29, 1.82) is 0 Å². The number of aliphatic hydroxyl groups excluding tert-OH is 2. The second kappa shape index (κ2) is 9.25. The Bertz CT molecular complexity index is 860. The monoisotopic (exact) mass is 444 g/mol. The molecule has 0 saturated heterocycles. The van der Waals surface area contributed by atoms with Gasteiger partial charge in [-0.25, -0.2) is 0 Å². The summed E-state index contributed by atoms with van der Waals surface area (Å²) in [5, 5.41) is 22.4. The molecule has 0 saturated carbocycles. The molecule has 3 rings (SSSR count). The summed E-state index contributed by atoms with van der Waals surface area (Å²) in [5.74, 6) is -1.98. The highest BCUT2D eigenvalue weighted by Crippen LogP contribution is 2.47. The van der Waals surface area contributed by atoms with Crippen molar-refractivity contribution in [2.45, 2.75) is 30.3 Å². The van der Waals surface area contributed by atoms with Crippen molar-refractivity contribution in [3.8, 4) is 5.75 Å². The maximum atomic E-state index is 13.2. The van der Waals surface area contributed by atoms with Gasteiger partial charge in [-0.15, -0.1) is 0 Å². The number of amides is 2. The van der Waals surface area contributed by atoms with Crippen LogP contribution in [0.2, 0.25) is 0 Å². The molecule has 31 heavy (non-hydrogen) atoms. The number of benzene rings is 1. The van der Waals surface area contributed by atoms with Crippen molar-refractivity contribution in [2.75, 3.05) is 33.4 Å². The summed E-state index contributed by atoms with van der Waals surface area (Å²) in [6.45, 7) is -2.67. The molecule has 1 aromatic carbocycles. The highest BCUT2D eigenvalue weighted by Gasteiger charge is 2.51. The molecule has 0 fully saturated rings. The first kappa shape index (κ1) is 23.0. The minimum absolute atomic E-state index is 0.0519. The lowest BCUT2D eigenvalue weighted by atomic mass is 9.77. The van der Waals surface area contributed by atoms with Gasteiger partial charge < -0.3 is 29.9 Å². The van der Waals surface area contributed by atoms with E-state index in [4.69, 9.17) is 14.6 Å². The zero-order valence-electron chi connectivity index (χ0n) is 16.6. The lowest BCUT2D eigenvalue weighted by Crippen LogP contribution is -2.58. The van der Waals surface area contributed by atoms with Crippen LogP contribution in [0.15, 0.2) is 35.9 Å². The zero-order chi connectivity index (χ0) is 22.8. The van der Waals surface area contributed by atoms with Gasteiger partial charge in [0.05, 0.1) is 18.6 Å². The van der Waals surface area contributed by atoms with E-state index in [9.17, 15) is 27.9 Å². The number of nitrogens with one attached hydrogen (secondary N) is 1. The van der Waals surface area contributed by atoms with E-state index in [0.29, 0.717) is 16.2 Å². The summed E-state index contributed by atoms with van der Waals surface area (Å²) in [4.78, 5) is 25.6. The third-order valence-electron chi connectivity index (χ3n) is 5.17. The first-order valence-corrected chi connectivity index (χ1v) is 9.57. The predicted molar refractivity (Wildman–Crippen MR) is 101 cm³/mol. The SMILES string of the molecule is COCC(=O)N(CC(F)(F)F)C1C=C(C(=O)NCCO)C2c3ccccc3OC2C1O. The molecule has 4 unspecified atom stereocenters. The summed E-state index contributed by atoms with van der Waals surface area (Å²) in [6.07, 6.45) is -6.18. The second-order valence-electron chi connectivity index (χ2n) is 7.25. The number of nitrogens with zero attached hydrogens (tertiary/aromatic N) is 1. The summed E-state index contributed by atoms with van der Waals surface area (Å²) in [5.41, 5.74) is 0.650. The number of carbonyl (C=O) groups excluding carboxylic acids is 2. The molecule has 1 aliphatic heterocycles. The molecular formula is C20H23F3N2O6. The largest absolute Gasteiger partial charge is 0.486 e. The topological polar surface area (TPSA) is 108 Å². The Morgan fingerprint density at radius 2 is 2.00 bits per heavy atom. The van der Waals surface area contributed by atoms with Crippen molar-refractivity contribution in [3.05, 3.63) is 41.5 Å². The van der Waals surface area contributed by atoms with Crippen molar-refractivity contribution in [3.63, 3.8) is 0 Å². The molecule has 0 bridgehead atoms. The molecule has 4 atom stereocenters. The van der Waals surface area contributed by atoms with Crippen LogP contribution in [0.25, 0.3) is 0 Å². The fraction of sp³-hybridized carbons (Fsp3) is 0.500. The Labute approximate surface area is 176 Å². The number of alkyl halides is 3. The highest BCUT2D eigenvalue weighted by atomic mass is 19.4. The fourth-order valence-electron chi connectivity index (χ4n) is 3.95. The number of fused-ring (bicyclic) bond motifs is 3. The van der Waals surface area contributed by atoms with Gasteiger partial charge in [0.25, 0.3) is 0 Å². The van der Waals surface area contributed by atoms with Gasteiger partial charge >= 0.3 is 6.18 Å². The molecule has 0 radical (unpaired) electrons. The van der Waals surface area contributed by atoms with Crippen molar-refractivity contribution in [1.82, 2.24) is 10.2 Å². The van der Waals surface area contributed by atoms with E-state index in [1.807, 2.05) is 0 Å². The van der Waals surface area contributed by atoms with Crippen LogP contribution in [0.1, 0.15) is 11.5 Å². The third-order valence-corrected chi connectivity index (χ3v) is 5.17. The first-order valence-electron chi connectivity index (χ1n) is 9.57. The van der Waals surface area contributed by atoms with Gasteiger partial charge in [0, 0.05) is 24.8 Å². The van der Waals surface area contributed by atoms with Crippen LogP contribution in [0.5, 0.6) is 5.75 Å². The number of methoxy groups -OCH3 is 1. The Balaban J connectivity index is 2.05. The fourth-order valence-corrected chi connectivity index (χ4v) is 3.95. The van der Waals surface area contributed by atoms with E-state index < -0.39 is 55.3 Å². The van der Waals surface area contributed by atoms with E-state index >= 15 is 0 Å². The first-order chi connectivity index (χ1) is 14.7. The molecule has 2 aliphatic rings. The molecular weight excluding hydrogens is 421 g/mol. The third kappa shape index (κ3) is 4.83. The number of carbonyl (C=O) groups is 2. The average Bonchev–Trinajstić information content (AvgIpc) is 3.10. The number of hydrogen-bond acceptors (Lipinski definition) is 6. The Hall–Kier alpha value is -2.63. The van der Waals surface area contributed by atoms with Gasteiger partial charge in [-0.05, 0) is 12.1 Å². The summed E-state index contributed by atoms with van der Waals surface area (Å²) in [7, 11) is 1.16. The number of rotatable bonds is 7.